The molecule has 0 amide bonds. The largest absolute Gasteiger partial charge is 0.375 e. The van der Waals surface area contributed by atoms with Gasteiger partial charge in [-0.1, -0.05) is 78.9 Å². The van der Waals surface area contributed by atoms with Crippen molar-refractivity contribution < 1.29 is 0 Å². The molecule has 0 unspecified atom stereocenters. The molecule has 1 fully saturated rings. The molecule has 4 aromatic rings. The molecule has 0 atom stereocenters. The van der Waals surface area contributed by atoms with Crippen LogP contribution in [0.4, 0.5) is 0 Å². The second-order valence-corrected chi connectivity index (χ2v) is 9.49. The van der Waals surface area contributed by atoms with Crippen molar-refractivity contribution >= 4 is 11.0 Å². The summed E-state index contributed by atoms with van der Waals surface area (Å²) in [5.74, 6) is 0.450. The number of benzene rings is 3. The predicted molar refractivity (Wildman–Crippen MR) is 145 cm³/mol. The van der Waals surface area contributed by atoms with Gasteiger partial charge in [0.1, 0.15) is 0 Å². The van der Waals surface area contributed by atoms with E-state index in [1.807, 2.05) is 6.33 Å². The molecule has 1 aliphatic rings. The minimum atomic E-state index is 0.450. The Bertz CT molecular complexity index is 1150. The molecule has 4 heteroatoms. The maximum absolute atomic E-state index is 4.51. The number of imidazole rings is 1. The van der Waals surface area contributed by atoms with Crippen LogP contribution in [0.2, 0.25) is 0 Å². The lowest BCUT2D eigenvalue weighted by atomic mass is 9.87. The number of aryl methyl sites for hydroxylation is 1. The number of hydrogen-bond donors (Lipinski definition) is 0. The molecule has 5 rings (SSSR count). The van der Waals surface area contributed by atoms with Crippen molar-refractivity contribution in [3.63, 3.8) is 0 Å². The summed E-state index contributed by atoms with van der Waals surface area (Å²) in [5, 5.41) is 0. The maximum Gasteiger partial charge on any atom is 0.0958 e. The van der Waals surface area contributed by atoms with Crippen molar-refractivity contribution in [2.75, 3.05) is 32.7 Å². The molecule has 0 bridgehead atoms. The predicted octanol–water partition coefficient (Wildman–Crippen LogP) is 6.17. The van der Waals surface area contributed by atoms with E-state index in [0.717, 1.165) is 64.0 Å². The molecule has 0 spiro atoms. The molecule has 1 aromatic heterocycles. The highest BCUT2D eigenvalue weighted by Gasteiger charge is 2.15. The number of rotatable bonds is 10. The number of aromatic nitrogens is 2. The lowest BCUT2D eigenvalue weighted by Crippen LogP contribution is -2.44. The Morgan fingerprint density at radius 1 is 0.743 bits per heavy atom. The molecule has 0 saturated carbocycles. The number of piperazine rings is 1. The van der Waals surface area contributed by atoms with Gasteiger partial charge in [-0.2, -0.15) is 0 Å². The van der Waals surface area contributed by atoms with Crippen molar-refractivity contribution in [2.24, 2.45) is 0 Å². The van der Waals surface area contributed by atoms with Gasteiger partial charge in [-0.3, -0.25) is 4.90 Å². The number of fused-ring (bicyclic) bond motifs is 1. The summed E-state index contributed by atoms with van der Waals surface area (Å²) in [5.41, 5.74) is 5.14. The van der Waals surface area contributed by atoms with Gasteiger partial charge >= 0.3 is 0 Å². The lowest BCUT2D eigenvalue weighted by molar-refractivity contribution is 0.165. The van der Waals surface area contributed by atoms with Crippen molar-refractivity contribution in [3.05, 3.63) is 115 Å². The third-order valence-corrected chi connectivity index (χ3v) is 7.15. The summed E-state index contributed by atoms with van der Waals surface area (Å²) < 4.78 is 2.28. The number of para-hydroxylation sites is 2. The van der Waals surface area contributed by atoms with E-state index in [-0.39, 0.29) is 0 Å². The molecule has 3 aromatic carbocycles. The summed E-state index contributed by atoms with van der Waals surface area (Å²) in [4.78, 5) is 9.60. The van der Waals surface area contributed by atoms with E-state index in [1.54, 1.807) is 0 Å². The van der Waals surface area contributed by atoms with Crippen LogP contribution in [0.3, 0.4) is 0 Å². The van der Waals surface area contributed by atoms with Crippen LogP contribution in [0.25, 0.3) is 11.0 Å². The average molecular weight is 465 g/mol. The summed E-state index contributed by atoms with van der Waals surface area (Å²) in [7, 11) is 0. The maximum atomic E-state index is 4.51. The molecule has 180 valence electrons. The monoisotopic (exact) mass is 464 g/mol. The van der Waals surface area contributed by atoms with Gasteiger partial charge in [-0.25, -0.2) is 4.98 Å². The fourth-order valence-corrected chi connectivity index (χ4v) is 5.17. The smallest absolute Gasteiger partial charge is 0.0958 e. The van der Waals surface area contributed by atoms with E-state index in [2.05, 4.69) is 117 Å². The van der Waals surface area contributed by atoms with Gasteiger partial charge < -0.3 is 9.47 Å². The summed E-state index contributed by atoms with van der Waals surface area (Å²) >= 11 is 0. The molecule has 0 N–H and O–H groups in total. The van der Waals surface area contributed by atoms with Crippen LogP contribution in [0.15, 0.2) is 104 Å². The van der Waals surface area contributed by atoms with Gasteiger partial charge in [0.15, 0.2) is 0 Å². The first-order valence-electron chi connectivity index (χ1n) is 13.0. The Morgan fingerprint density at radius 2 is 1.40 bits per heavy atom. The van der Waals surface area contributed by atoms with E-state index >= 15 is 0 Å². The Kier molecular flexibility index (Phi) is 7.92. The minimum absolute atomic E-state index is 0.450. The average Bonchev–Trinajstić information content (AvgIpc) is 3.34. The standard InChI is InChI=1S/C31H36N4/c1-3-12-27(13-4-1)29(28-14-5-2-6-15-28)16-9-10-19-33-22-24-34(25-23-33)20-11-21-35-26-32-30-17-7-8-18-31(30)35/h1-8,10,12-15,17-19,26,29H,9,11,16,20-25H2. The highest BCUT2D eigenvalue weighted by Crippen LogP contribution is 2.29. The molecule has 35 heavy (non-hydrogen) atoms. The Balaban J connectivity index is 1.05. The highest BCUT2D eigenvalue weighted by molar-refractivity contribution is 5.74. The van der Waals surface area contributed by atoms with Gasteiger partial charge in [-0.05, 0) is 55.3 Å². The third-order valence-electron chi connectivity index (χ3n) is 7.15. The molecular formula is C31H36N4. The van der Waals surface area contributed by atoms with Crippen LogP contribution in [0.5, 0.6) is 0 Å². The van der Waals surface area contributed by atoms with Gasteiger partial charge in [0.25, 0.3) is 0 Å². The topological polar surface area (TPSA) is 24.3 Å². The van der Waals surface area contributed by atoms with Crippen molar-refractivity contribution in [2.45, 2.75) is 31.7 Å². The molecule has 0 radical (unpaired) electrons. The van der Waals surface area contributed by atoms with E-state index in [1.165, 1.54) is 16.6 Å². The Labute approximate surface area is 209 Å². The zero-order valence-corrected chi connectivity index (χ0v) is 20.5. The molecule has 2 heterocycles. The summed E-state index contributed by atoms with van der Waals surface area (Å²) in [6, 6.07) is 30.2. The molecule has 4 nitrogen and oxygen atoms in total. The van der Waals surface area contributed by atoms with Crippen molar-refractivity contribution in [1.82, 2.24) is 19.4 Å². The summed E-state index contributed by atoms with van der Waals surface area (Å²) in [6.45, 7) is 6.71. The van der Waals surface area contributed by atoms with E-state index in [9.17, 15) is 0 Å². The van der Waals surface area contributed by atoms with Crippen LogP contribution in [-0.2, 0) is 6.54 Å². The fraction of sp³-hybridized carbons (Fsp3) is 0.323. The second-order valence-electron chi connectivity index (χ2n) is 9.49. The van der Waals surface area contributed by atoms with E-state index in [0.29, 0.717) is 5.92 Å². The van der Waals surface area contributed by atoms with Gasteiger partial charge in [-0.15, -0.1) is 0 Å². The van der Waals surface area contributed by atoms with Gasteiger partial charge in [0, 0.05) is 38.6 Å². The second kappa shape index (κ2) is 11.9. The summed E-state index contributed by atoms with van der Waals surface area (Å²) in [6.07, 6.45) is 10.1. The molecule has 1 aliphatic heterocycles. The van der Waals surface area contributed by atoms with Crippen LogP contribution in [-0.4, -0.2) is 52.1 Å². The molecule has 0 aliphatic carbocycles. The molecular weight excluding hydrogens is 428 g/mol. The van der Waals surface area contributed by atoms with E-state index in [4.69, 9.17) is 0 Å². The van der Waals surface area contributed by atoms with Crippen molar-refractivity contribution in [1.29, 1.82) is 0 Å². The Morgan fingerprint density at radius 3 is 2.11 bits per heavy atom. The molecule has 1 saturated heterocycles. The van der Waals surface area contributed by atoms with Crippen molar-refractivity contribution in [3.8, 4) is 0 Å². The Hall–Kier alpha value is -3.37. The van der Waals surface area contributed by atoms with Crippen LogP contribution >= 0.6 is 0 Å². The zero-order valence-electron chi connectivity index (χ0n) is 20.5. The number of allylic oxidation sites excluding steroid dienone is 1. The first kappa shape index (κ1) is 23.4. The quantitative estimate of drug-likeness (QED) is 0.280. The highest BCUT2D eigenvalue weighted by atomic mass is 15.2. The van der Waals surface area contributed by atoms with Gasteiger partial charge in [0.2, 0.25) is 0 Å². The lowest BCUT2D eigenvalue weighted by Gasteiger charge is -2.34. The fourth-order valence-electron chi connectivity index (χ4n) is 5.17. The first-order chi connectivity index (χ1) is 17.4. The first-order valence-corrected chi connectivity index (χ1v) is 13.0. The van der Waals surface area contributed by atoms with Gasteiger partial charge in [0.05, 0.1) is 17.4 Å². The number of hydrogen-bond acceptors (Lipinski definition) is 3. The van der Waals surface area contributed by atoms with Crippen LogP contribution < -0.4 is 0 Å². The third kappa shape index (κ3) is 6.20. The normalized spacial score (nSPS) is 14.9. The van der Waals surface area contributed by atoms with E-state index < -0.39 is 0 Å². The van der Waals surface area contributed by atoms with Crippen LogP contribution in [0.1, 0.15) is 36.3 Å². The zero-order chi connectivity index (χ0) is 23.7. The van der Waals surface area contributed by atoms with Crippen LogP contribution in [0, 0.1) is 0 Å². The minimum Gasteiger partial charge on any atom is -0.375 e. The number of nitrogens with zero attached hydrogens (tertiary/aromatic N) is 4. The SMILES string of the molecule is C(=CN1CCN(CCCn2cnc3ccccc32)CC1)CCC(c1ccccc1)c1ccccc1.